The fourth-order valence-electron chi connectivity index (χ4n) is 5.33. The molecule has 0 radical (unpaired) electrons. The van der Waals surface area contributed by atoms with Gasteiger partial charge in [-0.1, -0.05) is 0 Å². The van der Waals surface area contributed by atoms with Crippen LogP contribution < -0.4 is 5.56 Å². The van der Waals surface area contributed by atoms with E-state index in [0.717, 1.165) is 18.5 Å². The second-order valence-electron chi connectivity index (χ2n) is 10.1. The van der Waals surface area contributed by atoms with Crippen LogP contribution in [0.1, 0.15) is 53.1 Å². The molecule has 5 rings (SSSR count). The van der Waals surface area contributed by atoms with E-state index in [0.29, 0.717) is 69.1 Å². The number of piperidine rings is 1. The van der Waals surface area contributed by atoms with Gasteiger partial charge in [-0.05, 0) is 63.0 Å². The van der Waals surface area contributed by atoms with E-state index in [4.69, 9.17) is 9.47 Å². The number of hydrogen-bond donors (Lipinski definition) is 1. The van der Waals surface area contributed by atoms with Crippen LogP contribution in [0, 0.1) is 11.7 Å². The number of aromatic amines is 1. The molecule has 0 saturated carbocycles. The lowest BCUT2D eigenvalue weighted by molar-refractivity contribution is -0.135. The summed E-state index contributed by atoms with van der Waals surface area (Å²) in [7, 11) is 0. The summed E-state index contributed by atoms with van der Waals surface area (Å²) in [6.45, 7) is 3.63. The van der Waals surface area contributed by atoms with Crippen LogP contribution in [-0.4, -0.2) is 77.0 Å². The quantitative estimate of drug-likeness (QED) is 0.540. The first-order chi connectivity index (χ1) is 18.0. The SMILES string of the molecule is O=C(c1ccc(F)cc1)C1CCN(CC(=O)N(Cc2nc3c(c(=O)[nH]2)COCC3)C[C@H]2CCCO2)CC1. The first-order valence-corrected chi connectivity index (χ1v) is 13.1. The highest BCUT2D eigenvalue weighted by Crippen LogP contribution is 2.23. The monoisotopic (exact) mass is 512 g/mol. The number of likely N-dealkylation sites (tertiary alicyclic amines) is 1. The van der Waals surface area contributed by atoms with Crippen LogP contribution in [0.5, 0.6) is 0 Å². The lowest BCUT2D eigenvalue weighted by Gasteiger charge is -2.33. The molecule has 3 aliphatic heterocycles. The molecule has 0 bridgehead atoms. The highest BCUT2D eigenvalue weighted by molar-refractivity contribution is 5.97. The number of amides is 1. The molecular formula is C27H33FN4O5. The van der Waals surface area contributed by atoms with E-state index in [-0.39, 0.29) is 54.8 Å². The first kappa shape index (κ1) is 25.7. The minimum Gasteiger partial charge on any atom is -0.376 e. The summed E-state index contributed by atoms with van der Waals surface area (Å²) in [6.07, 6.45) is 3.72. The van der Waals surface area contributed by atoms with Crippen LogP contribution in [-0.2, 0) is 33.8 Å². The molecule has 3 aliphatic rings. The average Bonchev–Trinajstić information content (AvgIpc) is 3.42. The maximum atomic E-state index is 13.4. The third kappa shape index (κ3) is 6.31. The molecule has 0 unspecified atom stereocenters. The van der Waals surface area contributed by atoms with Gasteiger partial charge in [-0.15, -0.1) is 0 Å². The Morgan fingerprint density at radius 2 is 1.92 bits per heavy atom. The van der Waals surface area contributed by atoms with Gasteiger partial charge in [0.25, 0.3) is 5.56 Å². The number of nitrogens with one attached hydrogen (secondary N) is 1. The van der Waals surface area contributed by atoms with Gasteiger partial charge in [0.15, 0.2) is 5.78 Å². The van der Waals surface area contributed by atoms with Crippen molar-refractivity contribution < 1.29 is 23.5 Å². The van der Waals surface area contributed by atoms with E-state index in [2.05, 4.69) is 14.9 Å². The number of Topliss-reactive ketones (excluding diaryl/α,β-unsaturated/α-hetero) is 1. The molecule has 10 heteroatoms. The lowest BCUT2D eigenvalue weighted by atomic mass is 9.89. The summed E-state index contributed by atoms with van der Waals surface area (Å²) in [5, 5.41) is 0. The maximum absolute atomic E-state index is 13.4. The van der Waals surface area contributed by atoms with E-state index < -0.39 is 0 Å². The second-order valence-corrected chi connectivity index (χ2v) is 10.1. The molecule has 2 saturated heterocycles. The van der Waals surface area contributed by atoms with Crippen molar-refractivity contribution >= 4 is 11.7 Å². The normalized spacial score (nSPS) is 20.5. The van der Waals surface area contributed by atoms with Crippen molar-refractivity contribution in [2.75, 3.05) is 39.4 Å². The molecule has 1 aromatic heterocycles. The highest BCUT2D eigenvalue weighted by Gasteiger charge is 2.29. The zero-order valence-electron chi connectivity index (χ0n) is 20.9. The molecule has 4 heterocycles. The Hall–Kier alpha value is -2.95. The first-order valence-electron chi connectivity index (χ1n) is 13.1. The van der Waals surface area contributed by atoms with Gasteiger partial charge in [0.2, 0.25) is 5.91 Å². The number of ether oxygens (including phenoxy) is 2. The van der Waals surface area contributed by atoms with Crippen molar-refractivity contribution in [3.05, 3.63) is 63.1 Å². The summed E-state index contributed by atoms with van der Waals surface area (Å²) >= 11 is 0. The topological polar surface area (TPSA) is 105 Å². The number of aromatic nitrogens is 2. The number of benzene rings is 1. The highest BCUT2D eigenvalue weighted by atomic mass is 19.1. The third-order valence-electron chi connectivity index (χ3n) is 7.47. The Morgan fingerprint density at radius 1 is 1.14 bits per heavy atom. The Morgan fingerprint density at radius 3 is 2.65 bits per heavy atom. The largest absolute Gasteiger partial charge is 0.376 e. The van der Waals surface area contributed by atoms with Crippen molar-refractivity contribution in [1.82, 2.24) is 19.8 Å². The minimum atomic E-state index is -0.360. The van der Waals surface area contributed by atoms with E-state index in [9.17, 15) is 18.8 Å². The van der Waals surface area contributed by atoms with Crippen molar-refractivity contribution in [3.63, 3.8) is 0 Å². The number of carbonyl (C=O) groups excluding carboxylic acids is 2. The zero-order valence-corrected chi connectivity index (χ0v) is 20.9. The van der Waals surface area contributed by atoms with Gasteiger partial charge in [-0.2, -0.15) is 0 Å². The smallest absolute Gasteiger partial charge is 0.256 e. The third-order valence-corrected chi connectivity index (χ3v) is 7.47. The standard InChI is InChI=1S/C27H33FN4O5/c28-20-5-3-18(4-6-20)26(34)19-7-10-31(11-8-19)16-25(33)32(14-21-2-1-12-37-21)15-24-29-23-9-13-36-17-22(23)27(35)30-24/h3-6,19,21H,1-2,7-17H2,(H,29,30,35)/t21-/m1/s1. The van der Waals surface area contributed by atoms with Gasteiger partial charge in [0.1, 0.15) is 11.6 Å². The predicted octanol–water partition coefficient (Wildman–Crippen LogP) is 2.08. The average molecular weight is 513 g/mol. The van der Waals surface area contributed by atoms with Gasteiger partial charge in [-0.3, -0.25) is 19.3 Å². The van der Waals surface area contributed by atoms with Gasteiger partial charge < -0.3 is 19.4 Å². The lowest BCUT2D eigenvalue weighted by Crippen LogP contribution is -2.46. The van der Waals surface area contributed by atoms with E-state index in [1.54, 1.807) is 4.90 Å². The molecule has 2 aromatic rings. The number of halogens is 1. The summed E-state index contributed by atoms with van der Waals surface area (Å²) < 4.78 is 24.4. The Balaban J connectivity index is 1.21. The molecule has 1 atom stereocenters. The predicted molar refractivity (Wildman–Crippen MR) is 133 cm³/mol. The van der Waals surface area contributed by atoms with E-state index >= 15 is 0 Å². The molecule has 37 heavy (non-hydrogen) atoms. The van der Waals surface area contributed by atoms with Crippen LogP contribution in [0.2, 0.25) is 0 Å². The molecule has 0 aliphatic carbocycles. The second kappa shape index (κ2) is 11.6. The number of hydrogen-bond acceptors (Lipinski definition) is 7. The molecule has 198 valence electrons. The van der Waals surface area contributed by atoms with Gasteiger partial charge in [-0.25, -0.2) is 9.37 Å². The summed E-state index contributed by atoms with van der Waals surface area (Å²) in [5.41, 5.74) is 1.61. The number of nitrogens with zero attached hydrogens (tertiary/aromatic N) is 3. The van der Waals surface area contributed by atoms with Crippen molar-refractivity contribution in [2.24, 2.45) is 5.92 Å². The Kier molecular flexibility index (Phi) is 8.07. The molecular weight excluding hydrogens is 479 g/mol. The van der Waals surface area contributed by atoms with Gasteiger partial charge >= 0.3 is 0 Å². The van der Waals surface area contributed by atoms with Crippen LogP contribution in [0.3, 0.4) is 0 Å². The Bertz CT molecular complexity index is 1170. The fraction of sp³-hybridized carbons (Fsp3) is 0.556. The van der Waals surface area contributed by atoms with Crippen molar-refractivity contribution in [1.29, 1.82) is 0 Å². The summed E-state index contributed by atoms with van der Waals surface area (Å²) in [6, 6.07) is 5.68. The van der Waals surface area contributed by atoms with Crippen molar-refractivity contribution in [3.8, 4) is 0 Å². The maximum Gasteiger partial charge on any atom is 0.256 e. The summed E-state index contributed by atoms with van der Waals surface area (Å²) in [5.74, 6) is -0.0448. The van der Waals surface area contributed by atoms with Crippen LogP contribution in [0.15, 0.2) is 29.1 Å². The Labute approximate surface area is 215 Å². The van der Waals surface area contributed by atoms with Crippen LogP contribution in [0.4, 0.5) is 4.39 Å². The summed E-state index contributed by atoms with van der Waals surface area (Å²) in [4.78, 5) is 50.0. The van der Waals surface area contributed by atoms with E-state index in [1.807, 2.05) is 0 Å². The molecule has 1 amide bonds. The number of fused-ring (bicyclic) bond motifs is 1. The number of ketones is 1. The van der Waals surface area contributed by atoms with Crippen molar-refractivity contribution in [2.45, 2.75) is 51.4 Å². The zero-order chi connectivity index (χ0) is 25.8. The molecule has 0 spiro atoms. The molecule has 1 N–H and O–H groups in total. The van der Waals surface area contributed by atoms with Gasteiger partial charge in [0.05, 0.1) is 43.7 Å². The number of H-pyrrole nitrogens is 1. The van der Waals surface area contributed by atoms with E-state index in [1.165, 1.54) is 24.3 Å². The molecule has 9 nitrogen and oxygen atoms in total. The van der Waals surface area contributed by atoms with Crippen LogP contribution in [0.25, 0.3) is 0 Å². The van der Waals surface area contributed by atoms with Gasteiger partial charge in [0, 0.05) is 31.1 Å². The number of carbonyl (C=O) groups is 2. The minimum absolute atomic E-state index is 0.0267. The molecule has 2 fully saturated rings. The van der Waals surface area contributed by atoms with Crippen LogP contribution >= 0.6 is 0 Å². The molecule has 1 aromatic carbocycles. The number of rotatable bonds is 8. The fourth-order valence-corrected chi connectivity index (χ4v) is 5.33.